The number of fused-ring (bicyclic) bond motifs is 1. The normalized spacial score (nSPS) is 10.9. The minimum absolute atomic E-state index is 0.196. The van der Waals surface area contributed by atoms with Crippen molar-refractivity contribution in [3.05, 3.63) is 38.9 Å². The van der Waals surface area contributed by atoms with E-state index in [4.69, 9.17) is 21.7 Å². The number of hydrogen-bond acceptors (Lipinski definition) is 5. The van der Waals surface area contributed by atoms with Crippen molar-refractivity contribution in [2.45, 2.75) is 13.0 Å². The summed E-state index contributed by atoms with van der Waals surface area (Å²) in [6, 6.07) is 4.90. The van der Waals surface area contributed by atoms with Crippen LogP contribution in [0.2, 0.25) is 0 Å². The summed E-state index contributed by atoms with van der Waals surface area (Å²) in [6.07, 6.45) is 0.739. The van der Waals surface area contributed by atoms with Crippen molar-refractivity contribution in [2.75, 3.05) is 34.0 Å². The van der Waals surface area contributed by atoms with Crippen molar-refractivity contribution in [3.63, 3.8) is 0 Å². The third kappa shape index (κ3) is 4.28. The molecule has 1 aromatic heterocycles. The van der Waals surface area contributed by atoms with Crippen LogP contribution in [0, 0.1) is 4.77 Å². The zero-order valence-electron chi connectivity index (χ0n) is 13.8. The van der Waals surface area contributed by atoms with Crippen LogP contribution in [-0.2, 0) is 16.0 Å². The highest BCUT2D eigenvalue weighted by molar-refractivity contribution is 7.71. The fourth-order valence-electron chi connectivity index (χ4n) is 2.30. The summed E-state index contributed by atoms with van der Waals surface area (Å²) in [5.41, 5.74) is 0.820. The van der Waals surface area contributed by atoms with Crippen LogP contribution in [0.5, 0.6) is 0 Å². The van der Waals surface area contributed by atoms with Crippen LogP contribution in [-0.4, -0.2) is 49.4 Å². The summed E-state index contributed by atoms with van der Waals surface area (Å²) in [7, 11) is 3.18. The van der Waals surface area contributed by atoms with Gasteiger partial charge in [-0.25, -0.2) is 0 Å². The second-order valence-electron chi connectivity index (χ2n) is 5.24. The number of nitrogens with zero attached hydrogens (tertiary/aromatic N) is 1. The quantitative estimate of drug-likeness (QED) is 0.556. The average molecular weight is 351 g/mol. The average Bonchev–Trinajstić information content (AvgIpc) is 2.58. The largest absolute Gasteiger partial charge is 0.385 e. The van der Waals surface area contributed by atoms with Gasteiger partial charge in [-0.1, -0.05) is 0 Å². The van der Waals surface area contributed by atoms with Crippen molar-refractivity contribution >= 4 is 29.0 Å². The summed E-state index contributed by atoms with van der Waals surface area (Å²) in [4.78, 5) is 27.6. The van der Waals surface area contributed by atoms with Gasteiger partial charge in [0.2, 0.25) is 0 Å². The molecule has 0 bridgehead atoms. The third-order valence-electron chi connectivity index (χ3n) is 3.57. The van der Waals surface area contributed by atoms with Gasteiger partial charge < -0.3 is 19.8 Å². The Labute approximate surface area is 144 Å². The molecule has 8 heteroatoms. The van der Waals surface area contributed by atoms with E-state index in [-0.39, 0.29) is 11.5 Å². The molecular formula is C16H21N3O4S. The van der Waals surface area contributed by atoms with Gasteiger partial charge in [-0.3, -0.25) is 14.2 Å². The summed E-state index contributed by atoms with van der Waals surface area (Å²) in [5, 5.41) is 3.29. The molecule has 0 spiro atoms. The van der Waals surface area contributed by atoms with Gasteiger partial charge in [-0.05, 0) is 36.8 Å². The molecule has 0 radical (unpaired) electrons. The number of nitrogens with one attached hydrogen (secondary N) is 2. The van der Waals surface area contributed by atoms with Crippen molar-refractivity contribution in [1.29, 1.82) is 0 Å². The predicted octanol–water partition coefficient (Wildman–Crippen LogP) is 1.47. The number of carbonyl (C=O) groups excluding carboxylic acids is 1. The standard InChI is InChI=1S/C16H21N3O4S/c1-22-8-3-6-17-14(20)11-4-5-12-13(10-11)18-16(24)19(15(12)21)7-9-23-2/h4-5,10H,3,6-9H2,1-2H3,(H,17,20)(H,18,24). The Morgan fingerprint density at radius 3 is 2.75 bits per heavy atom. The van der Waals surface area contributed by atoms with E-state index in [2.05, 4.69) is 10.3 Å². The molecule has 1 aromatic carbocycles. The number of rotatable bonds is 8. The lowest BCUT2D eigenvalue weighted by Gasteiger charge is -2.09. The number of amides is 1. The van der Waals surface area contributed by atoms with E-state index in [9.17, 15) is 9.59 Å². The zero-order chi connectivity index (χ0) is 17.5. The van der Waals surface area contributed by atoms with Gasteiger partial charge in [0, 0.05) is 32.9 Å². The van der Waals surface area contributed by atoms with E-state index >= 15 is 0 Å². The van der Waals surface area contributed by atoms with E-state index in [1.54, 1.807) is 32.4 Å². The zero-order valence-corrected chi connectivity index (χ0v) is 14.6. The number of H-pyrrole nitrogens is 1. The minimum Gasteiger partial charge on any atom is -0.385 e. The Hall–Kier alpha value is -2.03. The number of carbonyl (C=O) groups is 1. The number of benzene rings is 1. The predicted molar refractivity (Wildman–Crippen MR) is 94.1 cm³/mol. The molecule has 0 unspecified atom stereocenters. The molecule has 0 aliphatic carbocycles. The number of ether oxygens (including phenoxy) is 2. The summed E-state index contributed by atoms with van der Waals surface area (Å²) in [6.45, 7) is 1.89. The first-order valence-corrected chi connectivity index (χ1v) is 8.02. The monoisotopic (exact) mass is 351 g/mol. The van der Waals surface area contributed by atoms with Crippen LogP contribution in [0.25, 0.3) is 10.9 Å². The molecule has 0 atom stereocenters. The van der Waals surface area contributed by atoms with Crippen LogP contribution in [0.4, 0.5) is 0 Å². The van der Waals surface area contributed by atoms with E-state index < -0.39 is 0 Å². The molecule has 0 aliphatic rings. The molecule has 0 fully saturated rings. The first-order chi connectivity index (χ1) is 11.6. The Kier molecular flexibility index (Phi) is 6.65. The van der Waals surface area contributed by atoms with Gasteiger partial charge >= 0.3 is 0 Å². The number of aromatic nitrogens is 2. The molecule has 24 heavy (non-hydrogen) atoms. The van der Waals surface area contributed by atoms with Gasteiger partial charge in [0.25, 0.3) is 11.5 Å². The van der Waals surface area contributed by atoms with Gasteiger partial charge in [-0.2, -0.15) is 0 Å². The minimum atomic E-state index is -0.198. The molecular weight excluding hydrogens is 330 g/mol. The molecule has 0 saturated carbocycles. The molecule has 2 rings (SSSR count). The smallest absolute Gasteiger partial charge is 0.262 e. The van der Waals surface area contributed by atoms with Crippen LogP contribution < -0.4 is 10.9 Å². The molecule has 7 nitrogen and oxygen atoms in total. The van der Waals surface area contributed by atoms with Crippen LogP contribution in [0.15, 0.2) is 23.0 Å². The maximum atomic E-state index is 12.5. The van der Waals surface area contributed by atoms with Gasteiger partial charge in [0.15, 0.2) is 4.77 Å². The number of aromatic amines is 1. The lowest BCUT2D eigenvalue weighted by molar-refractivity contribution is 0.0948. The van der Waals surface area contributed by atoms with Crippen LogP contribution in [0.1, 0.15) is 16.8 Å². The first-order valence-electron chi connectivity index (χ1n) is 7.61. The first kappa shape index (κ1) is 18.3. The summed E-state index contributed by atoms with van der Waals surface area (Å²) in [5.74, 6) is -0.198. The number of methoxy groups -OCH3 is 2. The van der Waals surface area contributed by atoms with Crippen molar-refractivity contribution in [2.24, 2.45) is 0 Å². The number of hydrogen-bond donors (Lipinski definition) is 2. The van der Waals surface area contributed by atoms with Gasteiger partial charge in [0.05, 0.1) is 24.1 Å². The Bertz CT molecular complexity index is 828. The van der Waals surface area contributed by atoms with Gasteiger partial charge in [0.1, 0.15) is 0 Å². The fraction of sp³-hybridized carbons (Fsp3) is 0.438. The Morgan fingerprint density at radius 1 is 1.29 bits per heavy atom. The Morgan fingerprint density at radius 2 is 2.04 bits per heavy atom. The van der Waals surface area contributed by atoms with E-state index in [0.717, 1.165) is 6.42 Å². The lowest BCUT2D eigenvalue weighted by atomic mass is 10.1. The topological polar surface area (TPSA) is 85.3 Å². The molecule has 0 aliphatic heterocycles. The third-order valence-corrected chi connectivity index (χ3v) is 3.90. The molecule has 2 aromatic rings. The SMILES string of the molecule is COCCCNC(=O)c1ccc2c(=O)n(CCOC)c(=S)[nH]c2c1. The highest BCUT2D eigenvalue weighted by Gasteiger charge is 2.10. The highest BCUT2D eigenvalue weighted by Crippen LogP contribution is 2.11. The van der Waals surface area contributed by atoms with Crippen molar-refractivity contribution in [1.82, 2.24) is 14.9 Å². The molecule has 1 heterocycles. The van der Waals surface area contributed by atoms with E-state index in [1.807, 2.05) is 0 Å². The molecule has 1 amide bonds. The van der Waals surface area contributed by atoms with Crippen molar-refractivity contribution in [3.8, 4) is 0 Å². The summed E-state index contributed by atoms with van der Waals surface area (Å²) < 4.78 is 11.7. The maximum absolute atomic E-state index is 12.5. The van der Waals surface area contributed by atoms with E-state index in [0.29, 0.717) is 47.5 Å². The van der Waals surface area contributed by atoms with Crippen LogP contribution in [0.3, 0.4) is 0 Å². The summed E-state index contributed by atoms with van der Waals surface area (Å²) >= 11 is 5.23. The lowest BCUT2D eigenvalue weighted by Crippen LogP contribution is -2.26. The van der Waals surface area contributed by atoms with E-state index in [1.165, 1.54) is 4.57 Å². The molecule has 130 valence electrons. The fourth-order valence-corrected chi connectivity index (χ4v) is 2.59. The van der Waals surface area contributed by atoms with Crippen LogP contribution >= 0.6 is 12.2 Å². The highest BCUT2D eigenvalue weighted by atomic mass is 32.1. The second-order valence-corrected chi connectivity index (χ2v) is 5.63. The molecule has 2 N–H and O–H groups in total. The molecule has 0 saturated heterocycles. The maximum Gasteiger partial charge on any atom is 0.262 e. The van der Waals surface area contributed by atoms with Crippen molar-refractivity contribution < 1.29 is 14.3 Å². The second kappa shape index (κ2) is 8.72. The van der Waals surface area contributed by atoms with Gasteiger partial charge in [-0.15, -0.1) is 0 Å². The Balaban J connectivity index is 2.27.